The molecule has 2 aliphatic heterocycles. The van der Waals surface area contributed by atoms with Gasteiger partial charge in [-0.3, -0.25) is 4.90 Å². The maximum atomic E-state index is 12.9. The van der Waals surface area contributed by atoms with Crippen LogP contribution >= 0.6 is 0 Å². The van der Waals surface area contributed by atoms with Crippen LogP contribution in [-0.4, -0.2) is 43.3 Å². The molecule has 3 rings (SSSR count). The SMILES string of the molecule is Fc1ccc(CO[C@@H]2CCN(C3CCCOCC3)C2)cc1. The van der Waals surface area contributed by atoms with Crippen molar-refractivity contribution in [1.82, 2.24) is 4.90 Å². The molecule has 0 aliphatic carbocycles. The predicted molar refractivity (Wildman–Crippen MR) is 79.6 cm³/mol. The Hall–Kier alpha value is -0.970. The molecule has 0 amide bonds. The summed E-state index contributed by atoms with van der Waals surface area (Å²) in [7, 11) is 0. The molecule has 0 spiro atoms. The second kappa shape index (κ2) is 7.34. The summed E-state index contributed by atoms with van der Waals surface area (Å²) in [5.41, 5.74) is 1.04. The van der Waals surface area contributed by atoms with Gasteiger partial charge in [-0.1, -0.05) is 12.1 Å². The zero-order valence-electron chi connectivity index (χ0n) is 12.5. The molecule has 0 saturated carbocycles. The molecular formula is C17H24FNO2. The topological polar surface area (TPSA) is 21.7 Å². The van der Waals surface area contributed by atoms with E-state index < -0.39 is 0 Å². The Bertz CT molecular complexity index is 429. The van der Waals surface area contributed by atoms with Crippen LogP contribution in [-0.2, 0) is 16.1 Å². The van der Waals surface area contributed by atoms with E-state index in [9.17, 15) is 4.39 Å². The highest BCUT2D eigenvalue weighted by Crippen LogP contribution is 2.22. The summed E-state index contributed by atoms with van der Waals surface area (Å²) in [4.78, 5) is 2.56. The molecule has 0 aromatic heterocycles. The Morgan fingerprint density at radius 2 is 2.00 bits per heavy atom. The van der Waals surface area contributed by atoms with Crippen molar-refractivity contribution in [3.05, 3.63) is 35.6 Å². The summed E-state index contributed by atoms with van der Waals surface area (Å²) in [6, 6.07) is 7.23. The monoisotopic (exact) mass is 293 g/mol. The Kier molecular flexibility index (Phi) is 5.22. The predicted octanol–water partition coefficient (Wildman–Crippen LogP) is 2.99. The molecule has 0 radical (unpaired) electrons. The molecule has 2 saturated heterocycles. The van der Waals surface area contributed by atoms with E-state index in [2.05, 4.69) is 4.90 Å². The standard InChI is InChI=1S/C17H24FNO2/c18-15-5-3-14(4-6-15)13-21-17-7-9-19(12-17)16-2-1-10-20-11-8-16/h3-6,16-17H,1-2,7-13H2/t16?,17-/m1/s1. The molecule has 2 fully saturated rings. The van der Waals surface area contributed by atoms with Crippen molar-refractivity contribution in [2.24, 2.45) is 0 Å². The number of likely N-dealkylation sites (tertiary alicyclic amines) is 1. The number of rotatable bonds is 4. The first-order valence-corrected chi connectivity index (χ1v) is 7.99. The minimum atomic E-state index is -0.193. The third-order valence-electron chi connectivity index (χ3n) is 4.51. The van der Waals surface area contributed by atoms with Crippen LogP contribution in [0, 0.1) is 5.82 Å². The third-order valence-corrected chi connectivity index (χ3v) is 4.51. The Balaban J connectivity index is 1.44. The maximum Gasteiger partial charge on any atom is 0.123 e. The van der Waals surface area contributed by atoms with Crippen molar-refractivity contribution in [3.8, 4) is 0 Å². The van der Waals surface area contributed by atoms with Gasteiger partial charge < -0.3 is 9.47 Å². The molecule has 1 unspecified atom stereocenters. The van der Waals surface area contributed by atoms with Crippen LogP contribution in [0.1, 0.15) is 31.2 Å². The fourth-order valence-corrected chi connectivity index (χ4v) is 3.27. The summed E-state index contributed by atoms with van der Waals surface area (Å²) < 4.78 is 24.4. The van der Waals surface area contributed by atoms with Gasteiger partial charge in [-0.2, -0.15) is 0 Å². The lowest BCUT2D eigenvalue weighted by Crippen LogP contribution is -2.34. The summed E-state index contributed by atoms with van der Waals surface area (Å²) in [5, 5.41) is 0. The van der Waals surface area contributed by atoms with E-state index in [1.54, 1.807) is 12.1 Å². The molecule has 2 aliphatic rings. The van der Waals surface area contributed by atoms with Crippen molar-refractivity contribution in [2.45, 2.75) is 44.4 Å². The van der Waals surface area contributed by atoms with E-state index in [0.717, 1.165) is 44.7 Å². The molecule has 1 aromatic carbocycles. The molecular weight excluding hydrogens is 269 g/mol. The van der Waals surface area contributed by atoms with Crippen LogP contribution in [0.2, 0.25) is 0 Å². The van der Waals surface area contributed by atoms with Gasteiger partial charge in [0.25, 0.3) is 0 Å². The van der Waals surface area contributed by atoms with Crippen molar-refractivity contribution in [1.29, 1.82) is 0 Å². The van der Waals surface area contributed by atoms with Crippen LogP contribution in [0.3, 0.4) is 0 Å². The summed E-state index contributed by atoms with van der Waals surface area (Å²) >= 11 is 0. The van der Waals surface area contributed by atoms with Crippen molar-refractivity contribution in [2.75, 3.05) is 26.3 Å². The molecule has 1 aromatic rings. The number of halogens is 1. The number of nitrogens with zero attached hydrogens (tertiary/aromatic N) is 1. The van der Waals surface area contributed by atoms with Crippen LogP contribution in [0.4, 0.5) is 4.39 Å². The average Bonchev–Trinajstić information content (AvgIpc) is 2.80. The smallest absolute Gasteiger partial charge is 0.123 e. The Labute approximate surface area is 126 Å². The minimum absolute atomic E-state index is 0.193. The quantitative estimate of drug-likeness (QED) is 0.852. The molecule has 2 heterocycles. The first-order valence-electron chi connectivity index (χ1n) is 7.99. The zero-order chi connectivity index (χ0) is 14.5. The van der Waals surface area contributed by atoms with Crippen molar-refractivity contribution < 1.29 is 13.9 Å². The third kappa shape index (κ3) is 4.25. The van der Waals surface area contributed by atoms with E-state index in [0.29, 0.717) is 18.8 Å². The molecule has 116 valence electrons. The second-order valence-corrected chi connectivity index (χ2v) is 6.04. The van der Waals surface area contributed by atoms with E-state index in [4.69, 9.17) is 9.47 Å². The second-order valence-electron chi connectivity index (χ2n) is 6.04. The van der Waals surface area contributed by atoms with Crippen molar-refractivity contribution >= 4 is 0 Å². The molecule has 0 N–H and O–H groups in total. The molecule has 0 bridgehead atoms. The van der Waals surface area contributed by atoms with Gasteiger partial charge in [-0.05, 0) is 43.4 Å². The number of benzene rings is 1. The van der Waals surface area contributed by atoms with Gasteiger partial charge in [-0.15, -0.1) is 0 Å². The van der Waals surface area contributed by atoms with E-state index in [1.807, 2.05) is 0 Å². The highest BCUT2D eigenvalue weighted by atomic mass is 19.1. The van der Waals surface area contributed by atoms with Gasteiger partial charge in [0.2, 0.25) is 0 Å². The summed E-state index contributed by atoms with van der Waals surface area (Å²) in [5.74, 6) is -0.193. The van der Waals surface area contributed by atoms with Crippen molar-refractivity contribution in [3.63, 3.8) is 0 Å². The van der Waals surface area contributed by atoms with E-state index in [1.165, 1.54) is 25.0 Å². The van der Waals surface area contributed by atoms with Crippen LogP contribution in [0.5, 0.6) is 0 Å². The minimum Gasteiger partial charge on any atom is -0.381 e. The summed E-state index contributed by atoms with van der Waals surface area (Å²) in [6.07, 6.45) is 4.95. The average molecular weight is 293 g/mol. The van der Waals surface area contributed by atoms with E-state index in [-0.39, 0.29) is 5.82 Å². The Morgan fingerprint density at radius 1 is 1.14 bits per heavy atom. The number of ether oxygens (including phenoxy) is 2. The highest BCUT2D eigenvalue weighted by Gasteiger charge is 2.29. The fraction of sp³-hybridized carbons (Fsp3) is 0.647. The first kappa shape index (κ1) is 14.9. The molecule has 2 atom stereocenters. The van der Waals surface area contributed by atoms with Crippen LogP contribution < -0.4 is 0 Å². The maximum absolute atomic E-state index is 12.9. The first-order chi connectivity index (χ1) is 10.3. The highest BCUT2D eigenvalue weighted by molar-refractivity contribution is 5.15. The Morgan fingerprint density at radius 3 is 2.86 bits per heavy atom. The van der Waals surface area contributed by atoms with Gasteiger partial charge in [0.15, 0.2) is 0 Å². The van der Waals surface area contributed by atoms with Gasteiger partial charge in [-0.25, -0.2) is 4.39 Å². The van der Waals surface area contributed by atoms with Gasteiger partial charge >= 0.3 is 0 Å². The number of hydrogen-bond donors (Lipinski definition) is 0. The fourth-order valence-electron chi connectivity index (χ4n) is 3.27. The molecule has 4 heteroatoms. The summed E-state index contributed by atoms with van der Waals surface area (Å²) in [6.45, 7) is 4.52. The lowest BCUT2D eigenvalue weighted by molar-refractivity contribution is 0.0418. The lowest BCUT2D eigenvalue weighted by atomic mass is 10.1. The van der Waals surface area contributed by atoms with Gasteiger partial charge in [0.1, 0.15) is 5.82 Å². The molecule has 21 heavy (non-hydrogen) atoms. The van der Waals surface area contributed by atoms with Gasteiger partial charge in [0.05, 0.1) is 12.7 Å². The van der Waals surface area contributed by atoms with Crippen LogP contribution in [0.25, 0.3) is 0 Å². The molecule has 3 nitrogen and oxygen atoms in total. The number of hydrogen-bond acceptors (Lipinski definition) is 3. The lowest BCUT2D eigenvalue weighted by Gasteiger charge is -2.26. The zero-order valence-corrected chi connectivity index (χ0v) is 12.5. The van der Waals surface area contributed by atoms with E-state index >= 15 is 0 Å². The largest absolute Gasteiger partial charge is 0.381 e. The van der Waals surface area contributed by atoms with Gasteiger partial charge in [0, 0.05) is 32.3 Å². The van der Waals surface area contributed by atoms with Crippen LogP contribution in [0.15, 0.2) is 24.3 Å². The normalized spacial score (nSPS) is 27.7.